The zero-order chi connectivity index (χ0) is 20.3. The molecule has 0 unspecified atom stereocenters. The molecule has 146 valence electrons. The highest BCUT2D eigenvalue weighted by atomic mass is 35.5. The first-order valence-electron chi connectivity index (χ1n) is 9.35. The number of imidazole rings is 1. The third kappa shape index (κ3) is 2.63. The molecule has 29 heavy (non-hydrogen) atoms. The summed E-state index contributed by atoms with van der Waals surface area (Å²) in [6.45, 7) is 2.45. The number of hydrogen-bond donors (Lipinski definition) is 2. The van der Waals surface area contributed by atoms with Crippen LogP contribution in [0.25, 0.3) is 16.4 Å². The standard InChI is InChI=1S/C22H19ClN4O2/c1-12-3-2-4-15-18(28)7-17-21(20(12)15)13(8-23)9-27(17)22(29)16-11-26-10-14(24)5-6-19(26)25-16/h2-7,10-11,13,28H,8-9,24H2,1H3/t13-/m1/s1. The second-order valence-electron chi connectivity index (χ2n) is 7.45. The first-order chi connectivity index (χ1) is 14.0. The number of carbonyl (C=O) groups excluding carboxylic acids is 1. The fourth-order valence-electron chi connectivity index (χ4n) is 4.27. The summed E-state index contributed by atoms with van der Waals surface area (Å²) < 4.78 is 1.74. The number of anilines is 2. The average molecular weight is 407 g/mol. The minimum atomic E-state index is -0.228. The van der Waals surface area contributed by atoms with Crippen molar-refractivity contribution in [2.75, 3.05) is 23.1 Å². The number of aromatic hydroxyl groups is 1. The molecule has 3 N–H and O–H groups in total. The molecule has 0 radical (unpaired) electrons. The quantitative estimate of drug-likeness (QED) is 0.491. The van der Waals surface area contributed by atoms with Gasteiger partial charge in [0.25, 0.3) is 5.91 Å². The van der Waals surface area contributed by atoms with E-state index in [2.05, 4.69) is 4.98 Å². The van der Waals surface area contributed by atoms with Gasteiger partial charge in [-0.15, -0.1) is 11.6 Å². The van der Waals surface area contributed by atoms with E-state index in [0.29, 0.717) is 35.1 Å². The molecule has 0 aliphatic carbocycles. The van der Waals surface area contributed by atoms with Crippen molar-refractivity contribution in [3.8, 4) is 5.75 Å². The number of phenols is 1. The van der Waals surface area contributed by atoms with Gasteiger partial charge in [-0.1, -0.05) is 18.2 Å². The number of alkyl halides is 1. The number of aromatic nitrogens is 2. The zero-order valence-corrected chi connectivity index (χ0v) is 16.5. The van der Waals surface area contributed by atoms with Gasteiger partial charge < -0.3 is 20.1 Å². The number of rotatable bonds is 2. The largest absolute Gasteiger partial charge is 0.507 e. The van der Waals surface area contributed by atoms with Gasteiger partial charge in [0.1, 0.15) is 17.1 Å². The summed E-state index contributed by atoms with van der Waals surface area (Å²) in [6.07, 6.45) is 3.40. The van der Waals surface area contributed by atoms with E-state index in [-0.39, 0.29) is 17.6 Å². The molecular formula is C22H19ClN4O2. The van der Waals surface area contributed by atoms with E-state index in [4.69, 9.17) is 17.3 Å². The SMILES string of the molecule is Cc1cccc2c(O)cc3c(c12)[C@H](CCl)CN3C(=O)c1cn2cc(N)ccc2n1. The summed E-state index contributed by atoms with van der Waals surface area (Å²) in [5.74, 6) is 0.284. The van der Waals surface area contributed by atoms with Crippen LogP contribution in [0.1, 0.15) is 27.5 Å². The van der Waals surface area contributed by atoms with Gasteiger partial charge in [0, 0.05) is 47.9 Å². The van der Waals surface area contributed by atoms with Crippen molar-refractivity contribution >= 4 is 45.3 Å². The van der Waals surface area contributed by atoms with E-state index < -0.39 is 0 Å². The number of aryl methyl sites for hydroxylation is 1. The summed E-state index contributed by atoms with van der Waals surface area (Å²) in [7, 11) is 0. The Kier molecular flexibility index (Phi) is 3.93. The molecule has 5 rings (SSSR count). The third-order valence-corrected chi connectivity index (χ3v) is 5.97. The Bertz CT molecular complexity index is 1300. The Morgan fingerprint density at radius 2 is 2.14 bits per heavy atom. The van der Waals surface area contributed by atoms with Crippen LogP contribution >= 0.6 is 11.6 Å². The maximum atomic E-state index is 13.4. The molecule has 0 fully saturated rings. The number of fused-ring (bicyclic) bond motifs is 4. The van der Waals surface area contributed by atoms with Crippen LogP contribution in [0.5, 0.6) is 5.75 Å². The molecule has 4 aromatic rings. The van der Waals surface area contributed by atoms with Crippen molar-refractivity contribution < 1.29 is 9.90 Å². The Morgan fingerprint density at radius 1 is 1.31 bits per heavy atom. The van der Waals surface area contributed by atoms with Gasteiger partial charge in [-0.05, 0) is 35.6 Å². The fourth-order valence-corrected chi connectivity index (χ4v) is 4.52. The highest BCUT2D eigenvalue weighted by Gasteiger charge is 2.36. The molecule has 1 atom stereocenters. The van der Waals surface area contributed by atoms with Crippen molar-refractivity contribution in [3.05, 3.63) is 65.6 Å². The van der Waals surface area contributed by atoms with Gasteiger partial charge >= 0.3 is 0 Å². The van der Waals surface area contributed by atoms with Crippen LogP contribution < -0.4 is 10.6 Å². The lowest BCUT2D eigenvalue weighted by Gasteiger charge is -2.17. The minimum Gasteiger partial charge on any atom is -0.507 e. The van der Waals surface area contributed by atoms with Crippen molar-refractivity contribution in [1.82, 2.24) is 9.38 Å². The van der Waals surface area contributed by atoms with E-state index in [0.717, 1.165) is 21.9 Å². The molecule has 0 bridgehead atoms. The number of benzene rings is 2. The predicted molar refractivity (Wildman–Crippen MR) is 115 cm³/mol. The topological polar surface area (TPSA) is 83.9 Å². The van der Waals surface area contributed by atoms with Gasteiger partial charge in [0.15, 0.2) is 0 Å². The Labute approximate surface area is 172 Å². The molecular weight excluding hydrogens is 388 g/mol. The van der Waals surface area contributed by atoms with E-state index in [9.17, 15) is 9.90 Å². The second kappa shape index (κ2) is 6.39. The van der Waals surface area contributed by atoms with Crippen molar-refractivity contribution in [2.45, 2.75) is 12.8 Å². The molecule has 0 saturated heterocycles. The Hall–Kier alpha value is -3.25. The number of pyridine rings is 1. The summed E-state index contributed by atoms with van der Waals surface area (Å²) in [6, 6.07) is 11.0. The highest BCUT2D eigenvalue weighted by molar-refractivity contribution is 6.19. The molecule has 1 aliphatic heterocycles. The molecule has 0 spiro atoms. The maximum Gasteiger partial charge on any atom is 0.278 e. The van der Waals surface area contributed by atoms with E-state index >= 15 is 0 Å². The summed E-state index contributed by atoms with van der Waals surface area (Å²) in [4.78, 5) is 19.5. The lowest BCUT2D eigenvalue weighted by atomic mass is 9.92. The number of halogens is 1. The predicted octanol–water partition coefficient (Wildman–Crippen LogP) is 4.07. The van der Waals surface area contributed by atoms with E-state index in [1.165, 1.54) is 0 Å². The molecule has 6 nitrogen and oxygen atoms in total. The van der Waals surface area contributed by atoms with Crippen molar-refractivity contribution in [3.63, 3.8) is 0 Å². The lowest BCUT2D eigenvalue weighted by molar-refractivity contribution is 0.0984. The number of nitrogens with two attached hydrogens (primary N) is 1. The van der Waals surface area contributed by atoms with Crippen LogP contribution in [0.2, 0.25) is 0 Å². The first-order valence-corrected chi connectivity index (χ1v) is 9.88. The minimum absolute atomic E-state index is 0.0208. The van der Waals surface area contributed by atoms with Crippen LogP contribution in [0.3, 0.4) is 0 Å². The Morgan fingerprint density at radius 3 is 2.93 bits per heavy atom. The Balaban J connectivity index is 1.67. The van der Waals surface area contributed by atoms with Crippen LogP contribution in [-0.4, -0.2) is 32.8 Å². The van der Waals surface area contributed by atoms with E-state index in [1.807, 2.05) is 25.1 Å². The average Bonchev–Trinajstić information content (AvgIpc) is 3.28. The number of carbonyl (C=O) groups is 1. The number of phenolic OH excluding ortho intramolecular Hbond substituents is 1. The fraction of sp³-hybridized carbons (Fsp3) is 0.182. The lowest BCUT2D eigenvalue weighted by Crippen LogP contribution is -2.30. The van der Waals surface area contributed by atoms with Gasteiger partial charge in [-0.2, -0.15) is 0 Å². The summed E-state index contributed by atoms with van der Waals surface area (Å²) >= 11 is 6.29. The number of amides is 1. The molecule has 0 saturated carbocycles. The van der Waals surface area contributed by atoms with Gasteiger partial charge in [0.2, 0.25) is 0 Å². The van der Waals surface area contributed by atoms with Crippen molar-refractivity contribution in [1.29, 1.82) is 0 Å². The van der Waals surface area contributed by atoms with Crippen molar-refractivity contribution in [2.24, 2.45) is 0 Å². The van der Waals surface area contributed by atoms with Crippen LogP contribution in [-0.2, 0) is 0 Å². The van der Waals surface area contributed by atoms with E-state index in [1.54, 1.807) is 39.9 Å². The number of nitrogen functional groups attached to an aromatic ring is 1. The smallest absolute Gasteiger partial charge is 0.278 e. The van der Waals surface area contributed by atoms with Gasteiger partial charge in [-0.3, -0.25) is 4.79 Å². The molecule has 1 amide bonds. The summed E-state index contributed by atoms with van der Waals surface area (Å²) in [5.41, 5.74) is 10.1. The monoisotopic (exact) mass is 406 g/mol. The number of hydrogen-bond acceptors (Lipinski definition) is 4. The molecule has 3 heterocycles. The molecule has 7 heteroatoms. The van der Waals surface area contributed by atoms with Gasteiger partial charge in [0.05, 0.1) is 5.69 Å². The molecule has 2 aromatic heterocycles. The maximum absolute atomic E-state index is 13.4. The molecule has 1 aliphatic rings. The third-order valence-electron chi connectivity index (χ3n) is 5.59. The van der Waals surface area contributed by atoms with Crippen LogP contribution in [0.15, 0.2) is 48.8 Å². The van der Waals surface area contributed by atoms with Crippen LogP contribution in [0.4, 0.5) is 11.4 Å². The normalized spacial score (nSPS) is 15.9. The number of nitrogens with zero attached hydrogens (tertiary/aromatic N) is 3. The first kappa shape index (κ1) is 17.8. The summed E-state index contributed by atoms with van der Waals surface area (Å²) in [5, 5.41) is 12.4. The highest BCUT2D eigenvalue weighted by Crippen LogP contribution is 2.46. The second-order valence-corrected chi connectivity index (χ2v) is 7.76. The van der Waals surface area contributed by atoms with Gasteiger partial charge in [-0.25, -0.2) is 4.98 Å². The van der Waals surface area contributed by atoms with Crippen LogP contribution in [0, 0.1) is 6.92 Å². The zero-order valence-electron chi connectivity index (χ0n) is 15.8. The molecule has 2 aromatic carbocycles.